The lowest BCUT2D eigenvalue weighted by atomic mass is 10.3. The molecule has 0 saturated heterocycles. The Morgan fingerprint density at radius 1 is 1.05 bits per heavy atom. The van der Waals surface area contributed by atoms with Crippen LogP contribution in [0.2, 0.25) is 0 Å². The summed E-state index contributed by atoms with van der Waals surface area (Å²) in [6, 6.07) is 3.99. The Balaban J connectivity index is 1.50. The third-order valence-electron chi connectivity index (χ3n) is 2.96. The molecule has 0 aliphatic rings. The molecule has 0 aliphatic heterocycles. The van der Waals surface area contributed by atoms with E-state index in [1.165, 1.54) is 0 Å². The first kappa shape index (κ1) is 13.4. The summed E-state index contributed by atoms with van der Waals surface area (Å²) in [5.41, 5.74) is 0. The highest BCUT2D eigenvalue weighted by Gasteiger charge is 2.00. The molecule has 0 atom stereocenters. The minimum absolute atomic E-state index is 0.137. The number of aryl methyl sites for hydroxylation is 2. The SMILES string of the molecule is O=C(CCCn1cccc1)NCCCn1ccnc1. The van der Waals surface area contributed by atoms with Crippen molar-refractivity contribution in [3.63, 3.8) is 0 Å². The van der Waals surface area contributed by atoms with Gasteiger partial charge in [0.2, 0.25) is 5.91 Å². The third kappa shape index (κ3) is 4.99. The maximum Gasteiger partial charge on any atom is 0.220 e. The summed E-state index contributed by atoms with van der Waals surface area (Å²) in [7, 11) is 0. The molecule has 0 spiro atoms. The van der Waals surface area contributed by atoms with Gasteiger partial charge in [0, 0.05) is 50.8 Å². The highest BCUT2D eigenvalue weighted by molar-refractivity contribution is 5.75. The molecule has 0 unspecified atom stereocenters. The van der Waals surface area contributed by atoms with E-state index in [0.717, 1.165) is 32.5 Å². The molecular weight excluding hydrogens is 240 g/mol. The van der Waals surface area contributed by atoms with Gasteiger partial charge in [-0.3, -0.25) is 4.79 Å². The standard InChI is InChI=1S/C14H20N4O/c19-14(5-3-10-17-8-1-2-9-17)16-6-4-11-18-12-7-15-13-18/h1-2,7-9,12-13H,3-6,10-11H2,(H,16,19). The van der Waals surface area contributed by atoms with Gasteiger partial charge in [0.25, 0.3) is 0 Å². The molecule has 102 valence electrons. The Morgan fingerprint density at radius 3 is 2.58 bits per heavy atom. The summed E-state index contributed by atoms with van der Waals surface area (Å²) >= 11 is 0. The minimum atomic E-state index is 0.137. The van der Waals surface area contributed by atoms with Crippen molar-refractivity contribution in [2.45, 2.75) is 32.4 Å². The van der Waals surface area contributed by atoms with Gasteiger partial charge in [0.05, 0.1) is 6.33 Å². The lowest BCUT2D eigenvalue weighted by Crippen LogP contribution is -2.25. The van der Waals surface area contributed by atoms with E-state index in [1.54, 1.807) is 12.5 Å². The fourth-order valence-electron chi connectivity index (χ4n) is 1.94. The number of nitrogens with one attached hydrogen (secondary N) is 1. The molecule has 1 N–H and O–H groups in total. The molecule has 2 aromatic heterocycles. The molecule has 0 aliphatic carbocycles. The fraction of sp³-hybridized carbons (Fsp3) is 0.429. The number of nitrogens with zero attached hydrogens (tertiary/aromatic N) is 3. The number of rotatable bonds is 8. The summed E-state index contributed by atoms with van der Waals surface area (Å²) in [5.74, 6) is 0.137. The van der Waals surface area contributed by atoms with Crippen LogP contribution >= 0.6 is 0 Å². The van der Waals surface area contributed by atoms with Gasteiger partial charge in [-0.1, -0.05) is 0 Å². The number of hydrogen-bond acceptors (Lipinski definition) is 2. The summed E-state index contributed by atoms with van der Waals surface area (Å²) in [6.45, 7) is 2.51. The number of aromatic nitrogens is 3. The molecule has 1 amide bonds. The average Bonchev–Trinajstić information content (AvgIpc) is 3.07. The van der Waals surface area contributed by atoms with E-state index in [2.05, 4.69) is 14.9 Å². The molecule has 2 heterocycles. The zero-order valence-electron chi connectivity index (χ0n) is 11.0. The van der Waals surface area contributed by atoms with Crippen molar-refractivity contribution in [2.24, 2.45) is 0 Å². The number of amides is 1. The van der Waals surface area contributed by atoms with Gasteiger partial charge >= 0.3 is 0 Å². The third-order valence-corrected chi connectivity index (χ3v) is 2.96. The summed E-state index contributed by atoms with van der Waals surface area (Å²) in [5, 5.41) is 2.94. The van der Waals surface area contributed by atoms with E-state index in [0.29, 0.717) is 6.42 Å². The van der Waals surface area contributed by atoms with Gasteiger partial charge in [-0.2, -0.15) is 0 Å². The Bertz CT molecular complexity index is 462. The molecule has 5 nitrogen and oxygen atoms in total. The quantitative estimate of drug-likeness (QED) is 0.734. The first-order valence-corrected chi connectivity index (χ1v) is 6.68. The molecule has 2 rings (SSSR count). The first-order chi connectivity index (χ1) is 9.34. The van der Waals surface area contributed by atoms with E-state index < -0.39 is 0 Å². The van der Waals surface area contributed by atoms with Crippen LogP contribution in [-0.4, -0.2) is 26.6 Å². The van der Waals surface area contributed by atoms with Gasteiger partial charge < -0.3 is 14.5 Å². The van der Waals surface area contributed by atoms with E-state index in [9.17, 15) is 4.79 Å². The van der Waals surface area contributed by atoms with Crippen molar-refractivity contribution < 1.29 is 4.79 Å². The molecule has 2 aromatic rings. The van der Waals surface area contributed by atoms with Crippen molar-refractivity contribution in [3.05, 3.63) is 43.2 Å². The monoisotopic (exact) mass is 260 g/mol. The Morgan fingerprint density at radius 2 is 1.84 bits per heavy atom. The average molecular weight is 260 g/mol. The largest absolute Gasteiger partial charge is 0.356 e. The zero-order valence-corrected chi connectivity index (χ0v) is 11.0. The summed E-state index contributed by atoms with van der Waals surface area (Å²) in [6.07, 6.45) is 11.9. The maximum atomic E-state index is 11.6. The number of carbonyl (C=O) groups excluding carboxylic acids is 1. The van der Waals surface area contributed by atoms with Crippen LogP contribution in [0.15, 0.2) is 43.2 Å². The number of hydrogen-bond donors (Lipinski definition) is 1. The molecule has 0 aromatic carbocycles. The lowest BCUT2D eigenvalue weighted by Gasteiger charge is -2.06. The molecule has 0 saturated carbocycles. The highest BCUT2D eigenvalue weighted by atomic mass is 16.1. The zero-order chi connectivity index (χ0) is 13.3. The van der Waals surface area contributed by atoms with E-state index in [1.807, 2.05) is 35.3 Å². The second kappa shape index (κ2) is 7.41. The second-order valence-electron chi connectivity index (χ2n) is 4.53. The van der Waals surface area contributed by atoms with E-state index in [-0.39, 0.29) is 5.91 Å². The highest BCUT2D eigenvalue weighted by Crippen LogP contribution is 1.97. The van der Waals surface area contributed by atoms with Gasteiger partial charge in [0.1, 0.15) is 0 Å². The summed E-state index contributed by atoms with van der Waals surface area (Å²) < 4.78 is 4.10. The van der Waals surface area contributed by atoms with Gasteiger partial charge in [-0.25, -0.2) is 4.98 Å². The van der Waals surface area contributed by atoms with Gasteiger partial charge in [0.15, 0.2) is 0 Å². The Hall–Kier alpha value is -2.04. The van der Waals surface area contributed by atoms with Crippen molar-refractivity contribution >= 4 is 5.91 Å². The summed E-state index contributed by atoms with van der Waals surface area (Å²) in [4.78, 5) is 15.6. The second-order valence-corrected chi connectivity index (χ2v) is 4.53. The number of carbonyl (C=O) groups is 1. The van der Waals surface area contributed by atoms with E-state index >= 15 is 0 Å². The predicted octanol–water partition coefficient (Wildman–Crippen LogP) is 1.67. The molecule has 0 radical (unpaired) electrons. The Kier molecular flexibility index (Phi) is 5.22. The van der Waals surface area contributed by atoms with Crippen LogP contribution in [0.4, 0.5) is 0 Å². The normalized spacial score (nSPS) is 10.5. The van der Waals surface area contributed by atoms with Crippen LogP contribution in [-0.2, 0) is 17.9 Å². The number of imidazole rings is 1. The van der Waals surface area contributed by atoms with Crippen molar-refractivity contribution in [3.8, 4) is 0 Å². The molecule has 0 fully saturated rings. The molecule has 19 heavy (non-hydrogen) atoms. The van der Waals surface area contributed by atoms with Crippen molar-refractivity contribution in [2.75, 3.05) is 6.54 Å². The van der Waals surface area contributed by atoms with Crippen LogP contribution in [0.5, 0.6) is 0 Å². The Labute approximate surface area is 113 Å². The van der Waals surface area contributed by atoms with Crippen LogP contribution < -0.4 is 5.32 Å². The minimum Gasteiger partial charge on any atom is -0.356 e. The molecular formula is C14H20N4O. The van der Waals surface area contributed by atoms with Crippen LogP contribution in [0, 0.1) is 0 Å². The van der Waals surface area contributed by atoms with Crippen molar-refractivity contribution in [1.29, 1.82) is 0 Å². The van der Waals surface area contributed by atoms with E-state index in [4.69, 9.17) is 0 Å². The topological polar surface area (TPSA) is 51.9 Å². The first-order valence-electron chi connectivity index (χ1n) is 6.68. The van der Waals surface area contributed by atoms with Crippen LogP contribution in [0.3, 0.4) is 0 Å². The predicted molar refractivity (Wildman–Crippen MR) is 73.5 cm³/mol. The molecule has 5 heteroatoms. The molecule has 0 bridgehead atoms. The van der Waals surface area contributed by atoms with Crippen LogP contribution in [0.25, 0.3) is 0 Å². The fourth-order valence-corrected chi connectivity index (χ4v) is 1.94. The van der Waals surface area contributed by atoms with Crippen molar-refractivity contribution in [1.82, 2.24) is 19.4 Å². The lowest BCUT2D eigenvalue weighted by molar-refractivity contribution is -0.121. The maximum absolute atomic E-state index is 11.6. The van der Waals surface area contributed by atoms with Crippen LogP contribution in [0.1, 0.15) is 19.3 Å². The van der Waals surface area contributed by atoms with Gasteiger partial charge in [-0.05, 0) is 25.0 Å². The van der Waals surface area contributed by atoms with Gasteiger partial charge in [-0.15, -0.1) is 0 Å². The smallest absolute Gasteiger partial charge is 0.220 e.